The zero-order chi connectivity index (χ0) is 12.3. The minimum atomic E-state index is -0.0841. The third-order valence-corrected chi connectivity index (χ3v) is 3.18. The van der Waals surface area contributed by atoms with Crippen LogP contribution in [-0.2, 0) is 11.2 Å². The Kier molecular flexibility index (Phi) is 3.59. The van der Waals surface area contributed by atoms with Crippen molar-refractivity contribution >= 4 is 16.7 Å². The van der Waals surface area contributed by atoms with Gasteiger partial charge in [-0.1, -0.05) is 25.1 Å². The molecule has 0 saturated heterocycles. The van der Waals surface area contributed by atoms with E-state index < -0.39 is 0 Å². The van der Waals surface area contributed by atoms with E-state index in [4.69, 9.17) is 0 Å². The van der Waals surface area contributed by atoms with Gasteiger partial charge in [-0.3, -0.25) is 4.79 Å². The summed E-state index contributed by atoms with van der Waals surface area (Å²) in [5.74, 6) is 0.262. The predicted octanol–water partition coefficient (Wildman–Crippen LogP) is 2.28. The SMILES string of the molecule is CCC(=O)[C@H](Cc1c[nH]c2ccccc12)NC. The Bertz CT molecular complexity index is 516. The number of aromatic amines is 1. The van der Waals surface area contributed by atoms with Crippen LogP contribution in [0.3, 0.4) is 0 Å². The number of hydrogen-bond acceptors (Lipinski definition) is 2. The molecule has 0 saturated carbocycles. The molecule has 0 aliphatic carbocycles. The maximum Gasteiger partial charge on any atom is 0.149 e. The van der Waals surface area contributed by atoms with Crippen LogP contribution in [0.15, 0.2) is 30.5 Å². The Morgan fingerprint density at radius 2 is 2.18 bits per heavy atom. The quantitative estimate of drug-likeness (QED) is 0.827. The zero-order valence-electron chi connectivity index (χ0n) is 10.3. The van der Waals surface area contributed by atoms with Crippen molar-refractivity contribution in [2.45, 2.75) is 25.8 Å². The van der Waals surface area contributed by atoms with E-state index in [2.05, 4.69) is 22.4 Å². The lowest BCUT2D eigenvalue weighted by atomic mass is 10.0. The molecule has 3 heteroatoms. The van der Waals surface area contributed by atoms with Gasteiger partial charge in [0, 0.05) is 23.5 Å². The van der Waals surface area contributed by atoms with Crippen LogP contribution in [0, 0.1) is 0 Å². The van der Waals surface area contributed by atoms with Crippen LogP contribution >= 0.6 is 0 Å². The molecule has 17 heavy (non-hydrogen) atoms. The molecule has 1 aromatic heterocycles. The van der Waals surface area contributed by atoms with Crippen molar-refractivity contribution in [2.24, 2.45) is 0 Å². The Morgan fingerprint density at radius 1 is 1.41 bits per heavy atom. The van der Waals surface area contributed by atoms with Gasteiger partial charge in [0.25, 0.3) is 0 Å². The minimum Gasteiger partial charge on any atom is -0.361 e. The molecule has 90 valence electrons. The highest BCUT2D eigenvalue weighted by molar-refractivity contribution is 5.87. The lowest BCUT2D eigenvalue weighted by molar-refractivity contribution is -0.120. The van der Waals surface area contributed by atoms with Crippen LogP contribution in [-0.4, -0.2) is 23.9 Å². The molecule has 1 atom stereocenters. The summed E-state index contributed by atoms with van der Waals surface area (Å²) >= 11 is 0. The molecular weight excluding hydrogens is 212 g/mol. The van der Waals surface area contributed by atoms with Gasteiger partial charge >= 0.3 is 0 Å². The Morgan fingerprint density at radius 3 is 2.88 bits per heavy atom. The molecule has 0 radical (unpaired) electrons. The highest BCUT2D eigenvalue weighted by Crippen LogP contribution is 2.19. The summed E-state index contributed by atoms with van der Waals surface area (Å²) in [7, 11) is 1.84. The molecule has 2 aromatic rings. The molecule has 0 amide bonds. The van der Waals surface area contributed by atoms with E-state index >= 15 is 0 Å². The number of aromatic nitrogens is 1. The van der Waals surface area contributed by atoms with Crippen molar-refractivity contribution in [3.8, 4) is 0 Å². The van der Waals surface area contributed by atoms with Crippen molar-refractivity contribution in [2.75, 3.05) is 7.05 Å². The average molecular weight is 230 g/mol. The second kappa shape index (κ2) is 5.15. The molecule has 1 aromatic carbocycles. The van der Waals surface area contributed by atoms with Crippen LogP contribution in [0.4, 0.5) is 0 Å². The molecule has 1 heterocycles. The van der Waals surface area contributed by atoms with E-state index in [1.807, 2.05) is 32.3 Å². The Hall–Kier alpha value is -1.61. The van der Waals surface area contributed by atoms with Gasteiger partial charge in [-0.2, -0.15) is 0 Å². The number of carbonyl (C=O) groups is 1. The molecule has 2 N–H and O–H groups in total. The maximum absolute atomic E-state index is 11.7. The summed E-state index contributed by atoms with van der Waals surface area (Å²) in [5, 5.41) is 4.30. The third kappa shape index (κ3) is 2.39. The van der Waals surface area contributed by atoms with E-state index in [1.165, 1.54) is 10.9 Å². The van der Waals surface area contributed by atoms with Crippen LogP contribution in [0.1, 0.15) is 18.9 Å². The number of carbonyl (C=O) groups excluding carboxylic acids is 1. The molecule has 0 aliphatic heterocycles. The number of likely N-dealkylation sites (N-methyl/N-ethyl adjacent to an activating group) is 1. The zero-order valence-corrected chi connectivity index (χ0v) is 10.3. The molecule has 3 nitrogen and oxygen atoms in total. The number of rotatable bonds is 5. The fraction of sp³-hybridized carbons (Fsp3) is 0.357. The number of H-pyrrole nitrogens is 1. The first kappa shape index (κ1) is 11.9. The number of hydrogen-bond donors (Lipinski definition) is 2. The van der Waals surface area contributed by atoms with Gasteiger partial charge < -0.3 is 10.3 Å². The maximum atomic E-state index is 11.7. The Labute approximate surface area is 101 Å². The highest BCUT2D eigenvalue weighted by Gasteiger charge is 2.16. The van der Waals surface area contributed by atoms with Gasteiger partial charge in [-0.25, -0.2) is 0 Å². The summed E-state index contributed by atoms with van der Waals surface area (Å²) < 4.78 is 0. The van der Waals surface area contributed by atoms with E-state index in [1.54, 1.807) is 0 Å². The van der Waals surface area contributed by atoms with Crippen LogP contribution in [0.5, 0.6) is 0 Å². The largest absolute Gasteiger partial charge is 0.361 e. The summed E-state index contributed by atoms with van der Waals surface area (Å²) in [6.07, 6.45) is 3.32. The number of para-hydroxylation sites is 1. The van der Waals surface area contributed by atoms with Crippen LogP contribution in [0.2, 0.25) is 0 Å². The van der Waals surface area contributed by atoms with E-state index in [9.17, 15) is 4.79 Å². The summed E-state index contributed by atoms with van der Waals surface area (Å²) in [6, 6.07) is 8.09. The van der Waals surface area contributed by atoms with Gasteiger partial charge in [0.15, 0.2) is 0 Å². The number of benzene rings is 1. The van der Waals surface area contributed by atoms with Gasteiger partial charge in [0.05, 0.1) is 6.04 Å². The first-order valence-corrected chi connectivity index (χ1v) is 6.01. The van der Waals surface area contributed by atoms with Gasteiger partial charge in [-0.05, 0) is 25.1 Å². The number of nitrogens with one attached hydrogen (secondary N) is 2. The first-order chi connectivity index (χ1) is 8.26. The standard InChI is InChI=1S/C14H18N2O/c1-3-14(17)13(15-2)8-10-9-16-12-7-5-4-6-11(10)12/h4-7,9,13,15-16H,3,8H2,1-2H3/t13-/m0/s1. The number of fused-ring (bicyclic) bond motifs is 1. The summed E-state index contributed by atoms with van der Waals surface area (Å²) in [6.45, 7) is 1.90. The fourth-order valence-electron chi connectivity index (χ4n) is 2.14. The minimum absolute atomic E-state index is 0.0841. The van der Waals surface area contributed by atoms with Crippen molar-refractivity contribution in [1.29, 1.82) is 0 Å². The molecule has 0 aliphatic rings. The van der Waals surface area contributed by atoms with E-state index in [-0.39, 0.29) is 11.8 Å². The van der Waals surface area contributed by atoms with Crippen LogP contribution in [0.25, 0.3) is 10.9 Å². The normalized spacial score (nSPS) is 12.8. The van der Waals surface area contributed by atoms with Crippen molar-refractivity contribution < 1.29 is 4.79 Å². The van der Waals surface area contributed by atoms with Gasteiger partial charge in [0.1, 0.15) is 5.78 Å². The molecular formula is C14H18N2O. The summed E-state index contributed by atoms with van der Waals surface area (Å²) in [5.41, 5.74) is 2.32. The van der Waals surface area contributed by atoms with E-state index in [0.717, 1.165) is 11.9 Å². The van der Waals surface area contributed by atoms with E-state index in [0.29, 0.717) is 6.42 Å². The highest BCUT2D eigenvalue weighted by atomic mass is 16.1. The molecule has 0 unspecified atom stereocenters. The fourth-order valence-corrected chi connectivity index (χ4v) is 2.14. The lowest BCUT2D eigenvalue weighted by Gasteiger charge is -2.13. The second-order valence-corrected chi connectivity index (χ2v) is 4.22. The summed E-state index contributed by atoms with van der Waals surface area (Å²) in [4.78, 5) is 15.0. The second-order valence-electron chi connectivity index (χ2n) is 4.22. The molecule has 0 bridgehead atoms. The monoisotopic (exact) mass is 230 g/mol. The predicted molar refractivity (Wildman–Crippen MR) is 70.1 cm³/mol. The van der Waals surface area contributed by atoms with Crippen molar-refractivity contribution in [3.05, 3.63) is 36.0 Å². The number of Topliss-reactive ketones (excluding diaryl/α,β-unsaturated/α-hetero) is 1. The van der Waals surface area contributed by atoms with Crippen molar-refractivity contribution in [3.63, 3.8) is 0 Å². The number of ketones is 1. The Balaban J connectivity index is 2.25. The first-order valence-electron chi connectivity index (χ1n) is 6.01. The smallest absolute Gasteiger partial charge is 0.149 e. The lowest BCUT2D eigenvalue weighted by Crippen LogP contribution is -2.35. The molecule has 2 rings (SSSR count). The topological polar surface area (TPSA) is 44.9 Å². The average Bonchev–Trinajstić information content (AvgIpc) is 2.78. The molecule has 0 fully saturated rings. The molecule has 0 spiro atoms. The van der Waals surface area contributed by atoms with Gasteiger partial charge in [-0.15, -0.1) is 0 Å². The van der Waals surface area contributed by atoms with Crippen LogP contribution < -0.4 is 5.32 Å². The van der Waals surface area contributed by atoms with Gasteiger partial charge in [0.2, 0.25) is 0 Å². The third-order valence-electron chi connectivity index (χ3n) is 3.18. The van der Waals surface area contributed by atoms with Crippen molar-refractivity contribution in [1.82, 2.24) is 10.3 Å².